The number of carbonyl (C=O) groups excluding carboxylic acids is 1. The van der Waals surface area contributed by atoms with Crippen molar-refractivity contribution in [2.24, 2.45) is 0 Å². The first-order valence-corrected chi connectivity index (χ1v) is 6.81. The van der Waals surface area contributed by atoms with Gasteiger partial charge in [0.15, 0.2) is 5.13 Å². The molecule has 0 aromatic carbocycles. The molecule has 0 bridgehead atoms. The molecule has 1 aromatic rings. The van der Waals surface area contributed by atoms with Crippen LogP contribution in [-0.2, 0) is 9.16 Å². The Labute approximate surface area is 107 Å². The van der Waals surface area contributed by atoms with E-state index < -0.39 is 11.7 Å². The van der Waals surface area contributed by atoms with E-state index >= 15 is 0 Å². The second kappa shape index (κ2) is 5.11. The van der Waals surface area contributed by atoms with Crippen molar-refractivity contribution in [3.8, 4) is 0 Å². The van der Waals surface area contributed by atoms with Crippen molar-refractivity contribution in [2.45, 2.75) is 30.8 Å². The van der Waals surface area contributed by atoms with Gasteiger partial charge >= 0.3 is 6.09 Å². The van der Waals surface area contributed by atoms with Crippen LogP contribution in [0.3, 0.4) is 0 Å². The van der Waals surface area contributed by atoms with Crippen molar-refractivity contribution in [2.75, 3.05) is 5.32 Å². The topological polar surface area (TPSA) is 51.2 Å². The summed E-state index contributed by atoms with van der Waals surface area (Å²) in [6.07, 6.45) is -0.461. The number of carbonyl (C=O) groups is 1. The van der Waals surface area contributed by atoms with Gasteiger partial charge < -0.3 is 4.74 Å². The van der Waals surface area contributed by atoms with Crippen LogP contribution in [0.4, 0.5) is 9.93 Å². The van der Waals surface area contributed by atoms with E-state index in [2.05, 4.69) is 32.9 Å². The Morgan fingerprint density at radius 1 is 1.67 bits per heavy atom. The number of thiazole rings is 1. The molecular formula is C9H13IN2O2S. The van der Waals surface area contributed by atoms with Gasteiger partial charge in [-0.1, -0.05) is 22.6 Å². The lowest BCUT2D eigenvalue weighted by Gasteiger charge is -2.18. The smallest absolute Gasteiger partial charge is 0.413 e. The summed E-state index contributed by atoms with van der Waals surface area (Å²) >= 11 is 3.62. The van der Waals surface area contributed by atoms with Crippen LogP contribution in [-0.4, -0.2) is 16.7 Å². The van der Waals surface area contributed by atoms with E-state index in [1.54, 1.807) is 0 Å². The van der Waals surface area contributed by atoms with E-state index in [4.69, 9.17) is 4.74 Å². The number of nitrogens with one attached hydrogen (secondary N) is 1. The first-order chi connectivity index (χ1) is 6.90. The molecule has 0 aliphatic rings. The molecule has 1 heterocycles. The molecule has 0 fully saturated rings. The Hall–Kier alpha value is -0.370. The number of rotatable bonds is 2. The molecule has 6 heteroatoms. The molecule has 0 unspecified atom stereocenters. The molecule has 0 radical (unpaired) electrons. The van der Waals surface area contributed by atoms with Crippen LogP contribution in [0.25, 0.3) is 0 Å². The largest absolute Gasteiger partial charge is 0.444 e. The lowest BCUT2D eigenvalue weighted by atomic mass is 10.2. The molecule has 0 aliphatic carbocycles. The van der Waals surface area contributed by atoms with E-state index in [0.29, 0.717) is 5.13 Å². The quantitative estimate of drug-likeness (QED) is 0.663. The van der Waals surface area contributed by atoms with Gasteiger partial charge in [0.25, 0.3) is 0 Å². The zero-order chi connectivity index (χ0) is 11.5. The van der Waals surface area contributed by atoms with Gasteiger partial charge in [0.2, 0.25) is 0 Å². The maximum atomic E-state index is 11.4. The minimum Gasteiger partial charge on any atom is -0.444 e. The minimum absolute atomic E-state index is 0.461. The van der Waals surface area contributed by atoms with Crippen LogP contribution >= 0.6 is 33.9 Å². The zero-order valence-electron chi connectivity index (χ0n) is 8.83. The van der Waals surface area contributed by atoms with Gasteiger partial charge in [-0.25, -0.2) is 9.78 Å². The van der Waals surface area contributed by atoms with Gasteiger partial charge in [0.1, 0.15) is 5.60 Å². The highest BCUT2D eigenvalue weighted by Crippen LogP contribution is 2.18. The molecule has 0 spiro atoms. The second-order valence-electron chi connectivity index (χ2n) is 3.90. The van der Waals surface area contributed by atoms with Crippen molar-refractivity contribution in [3.63, 3.8) is 0 Å². The van der Waals surface area contributed by atoms with Crippen molar-refractivity contribution < 1.29 is 9.53 Å². The molecule has 0 saturated heterocycles. The summed E-state index contributed by atoms with van der Waals surface area (Å²) in [5, 5.41) is 5.09. The summed E-state index contributed by atoms with van der Waals surface area (Å²) in [6.45, 7) is 5.47. The Bertz CT molecular complexity index is 346. The number of ether oxygens (including phenoxy) is 1. The van der Waals surface area contributed by atoms with Gasteiger partial charge in [-0.05, 0) is 20.8 Å². The summed E-state index contributed by atoms with van der Waals surface area (Å²) in [6, 6.07) is 0. The van der Waals surface area contributed by atoms with E-state index in [0.717, 1.165) is 10.1 Å². The van der Waals surface area contributed by atoms with Crippen LogP contribution < -0.4 is 5.32 Å². The van der Waals surface area contributed by atoms with Crippen LogP contribution in [0, 0.1) is 0 Å². The van der Waals surface area contributed by atoms with E-state index in [-0.39, 0.29) is 0 Å². The van der Waals surface area contributed by atoms with E-state index in [9.17, 15) is 4.79 Å². The van der Waals surface area contributed by atoms with Gasteiger partial charge in [-0.3, -0.25) is 5.32 Å². The van der Waals surface area contributed by atoms with Crippen molar-refractivity contribution in [1.82, 2.24) is 4.98 Å². The fourth-order valence-corrected chi connectivity index (χ4v) is 2.20. The lowest BCUT2D eigenvalue weighted by Crippen LogP contribution is -2.27. The highest BCUT2D eigenvalue weighted by Gasteiger charge is 2.16. The average molecular weight is 340 g/mol. The van der Waals surface area contributed by atoms with E-state index in [1.807, 2.05) is 26.2 Å². The number of hydrogen-bond acceptors (Lipinski definition) is 4. The number of aromatic nitrogens is 1. The number of amides is 1. The van der Waals surface area contributed by atoms with Crippen molar-refractivity contribution in [3.05, 3.63) is 11.1 Å². The van der Waals surface area contributed by atoms with Crippen LogP contribution in [0.1, 0.15) is 26.5 Å². The first-order valence-electron chi connectivity index (χ1n) is 4.41. The number of nitrogens with zero attached hydrogens (tertiary/aromatic N) is 1. The molecule has 0 saturated carbocycles. The number of anilines is 1. The fraction of sp³-hybridized carbons (Fsp3) is 0.556. The van der Waals surface area contributed by atoms with Crippen LogP contribution in [0.2, 0.25) is 0 Å². The van der Waals surface area contributed by atoms with Crippen molar-refractivity contribution in [1.29, 1.82) is 0 Å². The zero-order valence-corrected chi connectivity index (χ0v) is 11.8. The predicted octanol–water partition coefficient (Wildman–Crippen LogP) is 3.43. The highest BCUT2D eigenvalue weighted by atomic mass is 127. The number of halogens is 1. The van der Waals surface area contributed by atoms with Gasteiger partial charge in [-0.2, -0.15) is 0 Å². The maximum absolute atomic E-state index is 11.4. The summed E-state index contributed by atoms with van der Waals surface area (Å²) in [4.78, 5) is 15.6. The van der Waals surface area contributed by atoms with Crippen LogP contribution in [0.5, 0.6) is 0 Å². The van der Waals surface area contributed by atoms with Gasteiger partial charge in [0, 0.05) is 9.81 Å². The summed E-state index contributed by atoms with van der Waals surface area (Å²) in [5.41, 5.74) is 0.486. The first kappa shape index (κ1) is 12.7. The fourth-order valence-electron chi connectivity index (χ4n) is 0.817. The molecule has 0 atom stereocenters. The molecule has 1 rings (SSSR count). The Morgan fingerprint density at radius 3 is 2.80 bits per heavy atom. The van der Waals surface area contributed by atoms with Gasteiger partial charge in [-0.15, -0.1) is 11.3 Å². The third-order valence-electron chi connectivity index (χ3n) is 1.30. The monoisotopic (exact) mass is 340 g/mol. The number of alkyl halides is 1. The molecule has 4 nitrogen and oxygen atoms in total. The highest BCUT2D eigenvalue weighted by molar-refractivity contribution is 14.1. The maximum Gasteiger partial charge on any atom is 0.413 e. The third-order valence-corrected chi connectivity index (χ3v) is 2.88. The van der Waals surface area contributed by atoms with Crippen LogP contribution in [0.15, 0.2) is 5.38 Å². The third kappa shape index (κ3) is 4.78. The molecule has 84 valence electrons. The Morgan fingerprint density at radius 2 is 2.33 bits per heavy atom. The molecule has 1 aromatic heterocycles. The van der Waals surface area contributed by atoms with E-state index in [1.165, 1.54) is 11.3 Å². The Balaban J connectivity index is 2.51. The predicted molar refractivity (Wildman–Crippen MR) is 69.7 cm³/mol. The summed E-state index contributed by atoms with van der Waals surface area (Å²) < 4.78 is 5.94. The molecular weight excluding hydrogens is 327 g/mol. The second-order valence-corrected chi connectivity index (χ2v) is 5.53. The Kier molecular flexibility index (Phi) is 4.32. The molecule has 1 amide bonds. The lowest BCUT2D eigenvalue weighted by molar-refractivity contribution is 0.0636. The molecule has 15 heavy (non-hydrogen) atoms. The minimum atomic E-state index is -0.479. The standard InChI is InChI=1S/C9H13IN2O2S/c1-9(2,3)14-8(13)12-7-11-6(4-10)5-15-7/h5H,4H2,1-3H3,(H,11,12,13). The molecule has 1 N–H and O–H groups in total. The summed E-state index contributed by atoms with van der Waals surface area (Å²) in [5.74, 6) is 0. The van der Waals surface area contributed by atoms with Gasteiger partial charge in [0.05, 0.1) is 5.69 Å². The number of hydrogen-bond donors (Lipinski definition) is 1. The SMILES string of the molecule is CC(C)(C)OC(=O)Nc1nc(CI)cs1. The average Bonchev–Trinajstić information content (AvgIpc) is 2.48. The summed E-state index contributed by atoms with van der Waals surface area (Å²) in [7, 11) is 0. The van der Waals surface area contributed by atoms with Crippen molar-refractivity contribution >= 4 is 45.2 Å². The normalized spacial score (nSPS) is 11.2. The molecule has 0 aliphatic heterocycles.